The highest BCUT2D eigenvalue weighted by atomic mass is 79.9. The molecule has 0 aromatic carbocycles. The number of amides is 2. The minimum Gasteiger partial charge on any atom is -0.341 e. The van der Waals surface area contributed by atoms with Gasteiger partial charge < -0.3 is 10.2 Å². The van der Waals surface area contributed by atoms with Gasteiger partial charge in [0, 0.05) is 13.1 Å². The number of thiophene rings is 1. The molecule has 2 rings (SSSR count). The quantitative estimate of drug-likeness (QED) is 0.915. The van der Waals surface area contributed by atoms with E-state index in [-0.39, 0.29) is 11.8 Å². The molecule has 6 heteroatoms. The molecule has 1 saturated heterocycles. The number of nitrogens with one attached hydrogen (secondary N) is 1. The summed E-state index contributed by atoms with van der Waals surface area (Å²) in [6, 6.07) is 1.36. The van der Waals surface area contributed by atoms with Gasteiger partial charge in [0.1, 0.15) is 6.04 Å². The van der Waals surface area contributed by atoms with Crippen molar-refractivity contribution in [2.75, 3.05) is 13.1 Å². The number of carbonyl (C=O) groups excluding carboxylic acids is 2. The molecule has 0 radical (unpaired) electrons. The van der Waals surface area contributed by atoms with E-state index < -0.39 is 6.04 Å². The molecule has 0 aliphatic carbocycles. The van der Waals surface area contributed by atoms with Gasteiger partial charge in [-0.2, -0.15) is 0 Å². The molecule has 1 unspecified atom stereocenters. The average molecular weight is 345 g/mol. The molecule has 4 nitrogen and oxygen atoms in total. The molecule has 2 heterocycles. The second kappa shape index (κ2) is 6.05. The van der Waals surface area contributed by atoms with Gasteiger partial charge in [-0.25, -0.2) is 0 Å². The van der Waals surface area contributed by atoms with Crippen LogP contribution >= 0.6 is 27.3 Å². The number of rotatable bonds is 3. The minimum atomic E-state index is -0.466. The summed E-state index contributed by atoms with van der Waals surface area (Å²) < 4.78 is 0.955. The van der Waals surface area contributed by atoms with Crippen LogP contribution in [0.1, 0.15) is 35.0 Å². The van der Waals surface area contributed by atoms with Gasteiger partial charge >= 0.3 is 0 Å². The van der Waals surface area contributed by atoms with E-state index in [9.17, 15) is 9.59 Å². The Bertz CT molecular complexity index is 475. The predicted molar refractivity (Wildman–Crippen MR) is 79.5 cm³/mol. The molecule has 1 aliphatic rings. The fourth-order valence-corrected chi connectivity index (χ4v) is 3.55. The molecule has 1 aliphatic heterocycles. The van der Waals surface area contributed by atoms with Crippen molar-refractivity contribution in [3.05, 3.63) is 20.3 Å². The summed E-state index contributed by atoms with van der Waals surface area (Å²) in [6.45, 7) is 5.30. The van der Waals surface area contributed by atoms with E-state index in [4.69, 9.17) is 0 Å². The van der Waals surface area contributed by atoms with Crippen molar-refractivity contribution in [1.82, 2.24) is 10.2 Å². The summed E-state index contributed by atoms with van der Waals surface area (Å²) in [5, 5.41) is 2.77. The molecule has 19 heavy (non-hydrogen) atoms. The highest BCUT2D eigenvalue weighted by Crippen LogP contribution is 2.27. The summed E-state index contributed by atoms with van der Waals surface area (Å²) in [4.78, 5) is 26.6. The number of nitrogens with zero attached hydrogens (tertiary/aromatic N) is 1. The first-order chi connectivity index (χ1) is 8.99. The van der Waals surface area contributed by atoms with E-state index in [1.54, 1.807) is 6.92 Å². The second-order valence-corrected chi connectivity index (χ2v) is 7.17. The first-order valence-electron chi connectivity index (χ1n) is 6.34. The van der Waals surface area contributed by atoms with Crippen LogP contribution in [0.4, 0.5) is 0 Å². The SMILES string of the molecule is Cc1cc(C(=O)NC(C)C(=O)N2CCCC2)sc1Br. The summed E-state index contributed by atoms with van der Waals surface area (Å²) in [7, 11) is 0. The Morgan fingerprint density at radius 1 is 1.42 bits per heavy atom. The van der Waals surface area contributed by atoms with E-state index in [1.807, 2.05) is 17.9 Å². The van der Waals surface area contributed by atoms with Gasteiger partial charge in [0.25, 0.3) is 5.91 Å². The number of likely N-dealkylation sites (tertiary alicyclic amines) is 1. The van der Waals surface area contributed by atoms with Crippen LogP contribution in [-0.4, -0.2) is 35.8 Å². The van der Waals surface area contributed by atoms with Crippen LogP contribution in [-0.2, 0) is 4.79 Å². The van der Waals surface area contributed by atoms with Crippen LogP contribution in [0.3, 0.4) is 0 Å². The van der Waals surface area contributed by atoms with Crippen molar-refractivity contribution in [3.8, 4) is 0 Å². The fourth-order valence-electron chi connectivity index (χ4n) is 2.11. The Balaban J connectivity index is 1.96. The predicted octanol–water partition coefficient (Wildman–Crippen LogP) is 2.56. The third-order valence-corrected chi connectivity index (χ3v) is 5.35. The highest BCUT2D eigenvalue weighted by molar-refractivity contribution is 9.11. The topological polar surface area (TPSA) is 49.4 Å². The summed E-state index contributed by atoms with van der Waals surface area (Å²) in [5.41, 5.74) is 1.04. The molecule has 104 valence electrons. The van der Waals surface area contributed by atoms with Crippen LogP contribution in [0.5, 0.6) is 0 Å². The van der Waals surface area contributed by atoms with Gasteiger partial charge in [-0.15, -0.1) is 11.3 Å². The summed E-state index contributed by atoms with van der Waals surface area (Å²) >= 11 is 4.78. The van der Waals surface area contributed by atoms with Crippen molar-refractivity contribution < 1.29 is 9.59 Å². The maximum Gasteiger partial charge on any atom is 0.262 e. The maximum atomic E-state index is 12.1. The van der Waals surface area contributed by atoms with E-state index in [0.717, 1.165) is 35.3 Å². The van der Waals surface area contributed by atoms with Crippen molar-refractivity contribution in [3.63, 3.8) is 0 Å². The first kappa shape index (κ1) is 14.5. The summed E-state index contributed by atoms with van der Waals surface area (Å²) in [5.74, 6) is -0.169. The standard InChI is InChI=1S/C13H17BrN2O2S/c1-8-7-10(19-11(8)14)12(17)15-9(2)13(18)16-5-3-4-6-16/h7,9H,3-6H2,1-2H3,(H,15,17). The van der Waals surface area contributed by atoms with E-state index >= 15 is 0 Å². The molecule has 1 atom stereocenters. The molecule has 1 N–H and O–H groups in total. The van der Waals surface area contributed by atoms with Gasteiger partial charge in [0.15, 0.2) is 0 Å². The monoisotopic (exact) mass is 344 g/mol. The van der Waals surface area contributed by atoms with Crippen LogP contribution in [0, 0.1) is 6.92 Å². The molecular formula is C13H17BrN2O2S. The molecule has 0 saturated carbocycles. The molecule has 0 bridgehead atoms. The van der Waals surface area contributed by atoms with Crippen LogP contribution in [0.25, 0.3) is 0 Å². The van der Waals surface area contributed by atoms with Crippen molar-refractivity contribution in [1.29, 1.82) is 0 Å². The summed E-state index contributed by atoms with van der Waals surface area (Å²) in [6.07, 6.45) is 2.12. The van der Waals surface area contributed by atoms with Gasteiger partial charge in [0.05, 0.1) is 8.66 Å². The van der Waals surface area contributed by atoms with E-state index in [2.05, 4.69) is 21.2 Å². The van der Waals surface area contributed by atoms with Gasteiger partial charge in [-0.05, 0) is 54.2 Å². The number of carbonyl (C=O) groups is 2. The lowest BCUT2D eigenvalue weighted by molar-refractivity contribution is -0.131. The zero-order valence-corrected chi connectivity index (χ0v) is 13.4. The van der Waals surface area contributed by atoms with E-state index in [1.165, 1.54) is 11.3 Å². The molecule has 0 spiro atoms. The number of hydrogen-bond acceptors (Lipinski definition) is 3. The molecule has 2 amide bonds. The van der Waals surface area contributed by atoms with Crippen LogP contribution in [0.15, 0.2) is 9.85 Å². The molecule has 1 aromatic rings. The largest absolute Gasteiger partial charge is 0.341 e. The molecule has 1 fully saturated rings. The van der Waals surface area contributed by atoms with Crippen LogP contribution in [0.2, 0.25) is 0 Å². The van der Waals surface area contributed by atoms with Gasteiger partial charge in [-0.1, -0.05) is 0 Å². The Labute approximate surface area is 125 Å². The fraction of sp³-hybridized carbons (Fsp3) is 0.538. The van der Waals surface area contributed by atoms with Gasteiger partial charge in [0.2, 0.25) is 5.91 Å². The Morgan fingerprint density at radius 3 is 2.58 bits per heavy atom. The van der Waals surface area contributed by atoms with Crippen molar-refractivity contribution >= 4 is 39.1 Å². The molecule has 1 aromatic heterocycles. The molecular weight excluding hydrogens is 328 g/mol. The maximum absolute atomic E-state index is 12.1. The number of hydrogen-bond donors (Lipinski definition) is 1. The van der Waals surface area contributed by atoms with Crippen molar-refractivity contribution in [2.45, 2.75) is 32.7 Å². The zero-order chi connectivity index (χ0) is 14.0. The van der Waals surface area contributed by atoms with Gasteiger partial charge in [-0.3, -0.25) is 9.59 Å². The zero-order valence-electron chi connectivity index (χ0n) is 11.0. The third-order valence-electron chi connectivity index (χ3n) is 3.22. The normalized spacial score (nSPS) is 16.5. The first-order valence-corrected chi connectivity index (χ1v) is 7.95. The number of aryl methyl sites for hydroxylation is 1. The second-order valence-electron chi connectivity index (χ2n) is 4.79. The van der Waals surface area contributed by atoms with Crippen molar-refractivity contribution in [2.24, 2.45) is 0 Å². The lowest BCUT2D eigenvalue weighted by Gasteiger charge is -2.20. The minimum absolute atomic E-state index is 0.0122. The third kappa shape index (κ3) is 3.36. The lowest BCUT2D eigenvalue weighted by Crippen LogP contribution is -2.45. The van der Waals surface area contributed by atoms with E-state index in [0.29, 0.717) is 4.88 Å². The Kier molecular flexibility index (Phi) is 4.62. The average Bonchev–Trinajstić information content (AvgIpc) is 2.99. The highest BCUT2D eigenvalue weighted by Gasteiger charge is 2.25. The lowest BCUT2D eigenvalue weighted by atomic mass is 10.2. The van der Waals surface area contributed by atoms with Crippen LogP contribution < -0.4 is 5.32 Å². The Hall–Kier alpha value is -0.880. The number of halogens is 1. The Morgan fingerprint density at radius 2 is 2.05 bits per heavy atom. The smallest absolute Gasteiger partial charge is 0.262 e.